The fourth-order valence-electron chi connectivity index (χ4n) is 2.79. The van der Waals surface area contributed by atoms with E-state index in [2.05, 4.69) is 49.8 Å². The highest BCUT2D eigenvalue weighted by Gasteiger charge is 2.20. The SMILES string of the molecule is CC=CCCNC(=NC)NC1CCN(c2cccc(C)n2)CC1.I. The predicted octanol–water partition coefficient (Wildman–Crippen LogP) is 3.11. The van der Waals surface area contributed by atoms with Crippen molar-refractivity contribution in [3.8, 4) is 0 Å². The molecule has 1 aromatic heterocycles. The molecule has 0 aliphatic carbocycles. The Hall–Kier alpha value is -1.31. The molecule has 2 rings (SSSR count). The normalized spacial score (nSPS) is 16.1. The largest absolute Gasteiger partial charge is 0.356 e. The number of hydrogen-bond acceptors (Lipinski definition) is 3. The average Bonchev–Trinajstić information content (AvgIpc) is 2.58. The first-order valence-electron chi connectivity index (χ1n) is 8.50. The third-order valence-corrected chi connectivity index (χ3v) is 4.10. The van der Waals surface area contributed by atoms with Gasteiger partial charge in [0, 0.05) is 38.4 Å². The Bertz CT molecular complexity index is 536. The lowest BCUT2D eigenvalue weighted by atomic mass is 10.1. The molecule has 1 saturated heterocycles. The highest BCUT2D eigenvalue weighted by atomic mass is 127. The van der Waals surface area contributed by atoms with E-state index in [1.807, 2.05) is 27.0 Å². The molecule has 1 aliphatic heterocycles. The molecule has 0 aromatic carbocycles. The maximum Gasteiger partial charge on any atom is 0.191 e. The van der Waals surface area contributed by atoms with Crippen molar-refractivity contribution in [1.29, 1.82) is 0 Å². The van der Waals surface area contributed by atoms with E-state index in [1.54, 1.807) is 0 Å². The molecular formula is C18H30IN5. The van der Waals surface area contributed by atoms with Gasteiger partial charge in [-0.3, -0.25) is 4.99 Å². The zero-order chi connectivity index (χ0) is 16.5. The number of nitrogens with zero attached hydrogens (tertiary/aromatic N) is 3. The average molecular weight is 443 g/mol. The molecule has 0 atom stereocenters. The zero-order valence-corrected chi connectivity index (χ0v) is 17.3. The summed E-state index contributed by atoms with van der Waals surface area (Å²) >= 11 is 0. The Balaban J connectivity index is 0.00000288. The lowest BCUT2D eigenvalue weighted by Gasteiger charge is -2.34. The topological polar surface area (TPSA) is 52.6 Å². The van der Waals surface area contributed by atoms with Crippen molar-refractivity contribution in [2.75, 3.05) is 31.6 Å². The van der Waals surface area contributed by atoms with Gasteiger partial charge in [0.25, 0.3) is 0 Å². The second-order valence-corrected chi connectivity index (χ2v) is 5.90. The van der Waals surface area contributed by atoms with Crippen LogP contribution in [0, 0.1) is 6.92 Å². The van der Waals surface area contributed by atoms with Crippen molar-refractivity contribution < 1.29 is 0 Å². The molecule has 1 aliphatic rings. The van der Waals surface area contributed by atoms with Gasteiger partial charge in [-0.25, -0.2) is 4.98 Å². The van der Waals surface area contributed by atoms with Gasteiger partial charge < -0.3 is 15.5 Å². The number of aryl methyl sites for hydroxylation is 1. The highest BCUT2D eigenvalue weighted by Crippen LogP contribution is 2.18. The summed E-state index contributed by atoms with van der Waals surface area (Å²) < 4.78 is 0. The van der Waals surface area contributed by atoms with E-state index in [9.17, 15) is 0 Å². The molecule has 134 valence electrons. The quantitative estimate of drug-likeness (QED) is 0.242. The number of halogens is 1. The zero-order valence-electron chi connectivity index (χ0n) is 15.0. The van der Waals surface area contributed by atoms with Crippen LogP contribution in [0.25, 0.3) is 0 Å². The summed E-state index contributed by atoms with van der Waals surface area (Å²) in [6.45, 7) is 7.06. The molecule has 5 nitrogen and oxygen atoms in total. The van der Waals surface area contributed by atoms with E-state index in [4.69, 9.17) is 0 Å². The molecule has 0 bridgehead atoms. The minimum atomic E-state index is 0. The molecule has 0 unspecified atom stereocenters. The number of nitrogens with one attached hydrogen (secondary N) is 2. The van der Waals surface area contributed by atoms with Gasteiger partial charge in [-0.2, -0.15) is 0 Å². The van der Waals surface area contributed by atoms with Gasteiger partial charge in [-0.05, 0) is 45.2 Å². The Morgan fingerprint density at radius 2 is 2.12 bits per heavy atom. The molecule has 24 heavy (non-hydrogen) atoms. The number of aliphatic imine (C=N–C) groups is 1. The smallest absolute Gasteiger partial charge is 0.191 e. The van der Waals surface area contributed by atoms with E-state index in [0.29, 0.717) is 6.04 Å². The molecule has 2 heterocycles. The number of rotatable bonds is 5. The van der Waals surface area contributed by atoms with Crippen LogP contribution < -0.4 is 15.5 Å². The third kappa shape index (κ3) is 6.67. The van der Waals surface area contributed by atoms with Crippen molar-refractivity contribution in [3.63, 3.8) is 0 Å². The Labute approximate surface area is 163 Å². The lowest BCUT2D eigenvalue weighted by Crippen LogP contribution is -2.49. The number of guanidine groups is 1. The van der Waals surface area contributed by atoms with Crippen LogP contribution in [0.5, 0.6) is 0 Å². The molecule has 1 aromatic rings. The van der Waals surface area contributed by atoms with Crippen LogP contribution in [0.4, 0.5) is 5.82 Å². The number of anilines is 1. The maximum atomic E-state index is 4.62. The molecule has 6 heteroatoms. The summed E-state index contributed by atoms with van der Waals surface area (Å²) in [6.07, 6.45) is 7.46. The third-order valence-electron chi connectivity index (χ3n) is 4.10. The Kier molecular flexibility index (Phi) is 9.75. The molecular weight excluding hydrogens is 413 g/mol. The summed E-state index contributed by atoms with van der Waals surface area (Å²) in [5.74, 6) is 2.00. The second kappa shape index (κ2) is 11.3. The first-order valence-corrected chi connectivity index (χ1v) is 8.50. The molecule has 0 radical (unpaired) electrons. The molecule has 1 fully saturated rings. The summed E-state index contributed by atoms with van der Waals surface area (Å²) in [7, 11) is 1.83. The van der Waals surface area contributed by atoms with E-state index < -0.39 is 0 Å². The lowest BCUT2D eigenvalue weighted by molar-refractivity contribution is 0.459. The van der Waals surface area contributed by atoms with Crippen molar-refractivity contribution in [2.45, 2.75) is 39.2 Å². The van der Waals surface area contributed by atoms with Gasteiger partial charge in [0.1, 0.15) is 5.82 Å². The first kappa shape index (κ1) is 20.7. The molecule has 0 amide bonds. The van der Waals surface area contributed by atoms with Gasteiger partial charge in [0.2, 0.25) is 0 Å². The highest BCUT2D eigenvalue weighted by molar-refractivity contribution is 14.0. The van der Waals surface area contributed by atoms with Gasteiger partial charge in [0.15, 0.2) is 5.96 Å². The van der Waals surface area contributed by atoms with E-state index >= 15 is 0 Å². The minimum Gasteiger partial charge on any atom is -0.356 e. The second-order valence-electron chi connectivity index (χ2n) is 5.90. The van der Waals surface area contributed by atoms with Gasteiger partial charge >= 0.3 is 0 Å². The number of hydrogen-bond donors (Lipinski definition) is 2. The standard InChI is InChI=1S/C18H29N5.HI/c1-4-5-6-12-20-18(19-3)22-16-10-13-23(14-11-16)17-9-7-8-15(2)21-17;/h4-5,7-9,16H,6,10-14H2,1-3H3,(H2,19,20,22);1H. The molecule has 2 N–H and O–H groups in total. The van der Waals surface area contributed by atoms with Crippen molar-refractivity contribution >= 4 is 35.8 Å². The van der Waals surface area contributed by atoms with Crippen molar-refractivity contribution in [2.24, 2.45) is 4.99 Å². The fourth-order valence-corrected chi connectivity index (χ4v) is 2.79. The Morgan fingerprint density at radius 3 is 2.75 bits per heavy atom. The molecule has 0 saturated carbocycles. The van der Waals surface area contributed by atoms with Crippen LogP contribution in [0.2, 0.25) is 0 Å². The van der Waals surface area contributed by atoms with Crippen LogP contribution in [0.1, 0.15) is 31.9 Å². The van der Waals surface area contributed by atoms with Crippen LogP contribution in [-0.4, -0.2) is 43.7 Å². The first-order chi connectivity index (χ1) is 11.2. The monoisotopic (exact) mass is 443 g/mol. The minimum absolute atomic E-state index is 0. The number of piperidine rings is 1. The Morgan fingerprint density at radius 1 is 1.38 bits per heavy atom. The van der Waals surface area contributed by atoms with Gasteiger partial charge in [0.05, 0.1) is 0 Å². The van der Waals surface area contributed by atoms with E-state index in [-0.39, 0.29) is 24.0 Å². The van der Waals surface area contributed by atoms with Gasteiger partial charge in [-0.1, -0.05) is 18.2 Å². The number of allylic oxidation sites excluding steroid dienone is 1. The van der Waals surface area contributed by atoms with Crippen LogP contribution in [-0.2, 0) is 0 Å². The fraction of sp³-hybridized carbons (Fsp3) is 0.556. The van der Waals surface area contributed by atoms with Crippen LogP contribution in [0.15, 0.2) is 35.3 Å². The summed E-state index contributed by atoms with van der Waals surface area (Å²) in [4.78, 5) is 11.3. The van der Waals surface area contributed by atoms with E-state index in [0.717, 1.165) is 56.4 Å². The molecule has 0 spiro atoms. The van der Waals surface area contributed by atoms with Crippen LogP contribution in [0.3, 0.4) is 0 Å². The predicted molar refractivity (Wildman–Crippen MR) is 114 cm³/mol. The van der Waals surface area contributed by atoms with E-state index in [1.165, 1.54) is 0 Å². The summed E-state index contributed by atoms with van der Waals surface area (Å²) in [5, 5.41) is 6.90. The van der Waals surface area contributed by atoms with Crippen molar-refractivity contribution in [3.05, 3.63) is 36.0 Å². The number of pyridine rings is 1. The van der Waals surface area contributed by atoms with Crippen molar-refractivity contribution in [1.82, 2.24) is 15.6 Å². The van der Waals surface area contributed by atoms with Gasteiger partial charge in [-0.15, -0.1) is 24.0 Å². The van der Waals surface area contributed by atoms with Crippen LogP contribution >= 0.6 is 24.0 Å². The maximum absolute atomic E-state index is 4.62. The number of aromatic nitrogens is 1. The summed E-state index contributed by atoms with van der Waals surface area (Å²) in [5.41, 5.74) is 1.08. The summed E-state index contributed by atoms with van der Waals surface area (Å²) in [6, 6.07) is 6.70.